The summed E-state index contributed by atoms with van der Waals surface area (Å²) in [6, 6.07) is 12.1. The second-order valence-electron chi connectivity index (χ2n) is 5.05. The molecule has 0 spiro atoms. The zero-order valence-electron chi connectivity index (χ0n) is 12.2. The third-order valence-corrected chi connectivity index (χ3v) is 3.77. The number of sulfonamides is 1. The SMILES string of the molecule is Cc1cccc(C)c1C(=O)c1ccc(NS(C)(=O)=O)cc1. The van der Waals surface area contributed by atoms with Crippen molar-refractivity contribution in [3.63, 3.8) is 0 Å². The molecule has 0 aliphatic rings. The van der Waals surface area contributed by atoms with Gasteiger partial charge in [-0.2, -0.15) is 0 Å². The fourth-order valence-corrected chi connectivity index (χ4v) is 2.78. The molecule has 21 heavy (non-hydrogen) atoms. The minimum Gasteiger partial charge on any atom is -0.289 e. The normalized spacial score (nSPS) is 11.2. The van der Waals surface area contributed by atoms with Crippen LogP contribution in [0.5, 0.6) is 0 Å². The summed E-state index contributed by atoms with van der Waals surface area (Å²) in [5.74, 6) is -0.0588. The molecule has 2 aromatic rings. The average molecular weight is 303 g/mol. The Morgan fingerprint density at radius 1 is 0.952 bits per heavy atom. The van der Waals surface area contributed by atoms with E-state index in [-0.39, 0.29) is 5.78 Å². The van der Waals surface area contributed by atoms with Gasteiger partial charge < -0.3 is 0 Å². The van der Waals surface area contributed by atoms with Gasteiger partial charge in [0.1, 0.15) is 0 Å². The third kappa shape index (κ3) is 3.70. The number of aryl methyl sites for hydroxylation is 2. The highest BCUT2D eigenvalue weighted by atomic mass is 32.2. The van der Waals surface area contributed by atoms with Gasteiger partial charge in [0.25, 0.3) is 0 Å². The monoisotopic (exact) mass is 303 g/mol. The number of anilines is 1. The van der Waals surface area contributed by atoms with Crippen molar-refractivity contribution in [2.24, 2.45) is 0 Å². The van der Waals surface area contributed by atoms with Gasteiger partial charge in [-0.1, -0.05) is 18.2 Å². The summed E-state index contributed by atoms with van der Waals surface area (Å²) in [5.41, 5.74) is 3.53. The van der Waals surface area contributed by atoms with Gasteiger partial charge in [-0.05, 0) is 49.2 Å². The van der Waals surface area contributed by atoms with Crippen molar-refractivity contribution < 1.29 is 13.2 Å². The van der Waals surface area contributed by atoms with Gasteiger partial charge in [-0.15, -0.1) is 0 Å². The van der Waals surface area contributed by atoms with Gasteiger partial charge in [0.2, 0.25) is 10.0 Å². The molecule has 0 saturated carbocycles. The number of hydrogen-bond acceptors (Lipinski definition) is 3. The Bertz CT molecular complexity index is 757. The molecular weight excluding hydrogens is 286 g/mol. The van der Waals surface area contributed by atoms with Crippen LogP contribution < -0.4 is 4.72 Å². The molecule has 0 radical (unpaired) electrons. The lowest BCUT2D eigenvalue weighted by molar-refractivity contribution is 0.103. The fraction of sp³-hybridized carbons (Fsp3) is 0.188. The quantitative estimate of drug-likeness (QED) is 0.883. The molecule has 4 nitrogen and oxygen atoms in total. The van der Waals surface area contributed by atoms with Crippen LogP contribution in [0.3, 0.4) is 0 Å². The lowest BCUT2D eigenvalue weighted by atomic mass is 9.95. The van der Waals surface area contributed by atoms with E-state index in [1.807, 2.05) is 32.0 Å². The number of rotatable bonds is 4. The van der Waals surface area contributed by atoms with Crippen LogP contribution in [0.25, 0.3) is 0 Å². The van der Waals surface area contributed by atoms with Gasteiger partial charge in [-0.3, -0.25) is 9.52 Å². The number of nitrogens with one attached hydrogen (secondary N) is 1. The first kappa shape index (κ1) is 15.3. The van der Waals surface area contributed by atoms with Crippen molar-refractivity contribution in [3.05, 3.63) is 64.7 Å². The molecule has 0 saturated heterocycles. The standard InChI is InChI=1S/C16H17NO3S/c1-11-5-4-6-12(2)15(11)16(18)13-7-9-14(10-8-13)17-21(3,19)20/h4-10,17H,1-3H3. The summed E-state index contributed by atoms with van der Waals surface area (Å²) in [5, 5.41) is 0. The molecule has 0 bridgehead atoms. The summed E-state index contributed by atoms with van der Waals surface area (Å²) in [7, 11) is -3.31. The first-order chi connectivity index (χ1) is 9.78. The van der Waals surface area contributed by atoms with Crippen molar-refractivity contribution in [2.75, 3.05) is 11.0 Å². The van der Waals surface area contributed by atoms with Crippen molar-refractivity contribution in [1.29, 1.82) is 0 Å². The molecule has 110 valence electrons. The van der Waals surface area contributed by atoms with Crippen LogP contribution in [-0.2, 0) is 10.0 Å². The van der Waals surface area contributed by atoms with E-state index in [1.165, 1.54) is 0 Å². The highest BCUT2D eigenvalue weighted by Gasteiger charge is 2.14. The van der Waals surface area contributed by atoms with Gasteiger partial charge in [-0.25, -0.2) is 8.42 Å². The van der Waals surface area contributed by atoms with E-state index in [4.69, 9.17) is 0 Å². The molecule has 0 amide bonds. The Labute approximate surface area is 124 Å². The molecule has 0 aliphatic carbocycles. The Morgan fingerprint density at radius 3 is 1.95 bits per heavy atom. The predicted octanol–water partition coefficient (Wildman–Crippen LogP) is 2.91. The van der Waals surface area contributed by atoms with Crippen LogP contribution in [0.2, 0.25) is 0 Å². The molecule has 2 rings (SSSR count). The van der Waals surface area contributed by atoms with E-state index in [9.17, 15) is 13.2 Å². The first-order valence-corrected chi connectivity index (χ1v) is 8.36. The molecule has 5 heteroatoms. The van der Waals surface area contributed by atoms with Crippen molar-refractivity contribution in [1.82, 2.24) is 0 Å². The van der Waals surface area contributed by atoms with Crippen molar-refractivity contribution >= 4 is 21.5 Å². The van der Waals surface area contributed by atoms with E-state index in [0.29, 0.717) is 16.8 Å². The molecule has 0 atom stereocenters. The highest BCUT2D eigenvalue weighted by molar-refractivity contribution is 7.92. The van der Waals surface area contributed by atoms with Gasteiger partial charge in [0.05, 0.1) is 6.26 Å². The molecule has 0 heterocycles. The first-order valence-electron chi connectivity index (χ1n) is 6.47. The summed E-state index contributed by atoms with van der Waals surface area (Å²) < 4.78 is 24.7. The second kappa shape index (κ2) is 5.69. The maximum absolute atomic E-state index is 12.5. The minimum atomic E-state index is -3.31. The van der Waals surface area contributed by atoms with E-state index in [2.05, 4.69) is 4.72 Å². The van der Waals surface area contributed by atoms with E-state index in [0.717, 1.165) is 17.4 Å². The molecule has 2 aromatic carbocycles. The Balaban J connectivity index is 2.33. The molecule has 0 aliphatic heterocycles. The van der Waals surface area contributed by atoms with Crippen LogP contribution in [0.4, 0.5) is 5.69 Å². The summed E-state index contributed by atoms with van der Waals surface area (Å²) in [6.07, 6.45) is 1.09. The van der Waals surface area contributed by atoms with Crippen LogP contribution >= 0.6 is 0 Å². The van der Waals surface area contributed by atoms with Crippen LogP contribution in [0.15, 0.2) is 42.5 Å². The lowest BCUT2D eigenvalue weighted by Crippen LogP contribution is -2.10. The second-order valence-corrected chi connectivity index (χ2v) is 6.80. The van der Waals surface area contributed by atoms with E-state index < -0.39 is 10.0 Å². The molecule has 0 fully saturated rings. The zero-order chi connectivity index (χ0) is 15.6. The van der Waals surface area contributed by atoms with Crippen molar-refractivity contribution in [3.8, 4) is 0 Å². The van der Waals surface area contributed by atoms with Gasteiger partial charge >= 0.3 is 0 Å². The smallest absolute Gasteiger partial charge is 0.229 e. The zero-order valence-corrected chi connectivity index (χ0v) is 13.0. The van der Waals surface area contributed by atoms with E-state index in [1.54, 1.807) is 24.3 Å². The maximum Gasteiger partial charge on any atom is 0.229 e. The maximum atomic E-state index is 12.5. The molecule has 0 unspecified atom stereocenters. The Hall–Kier alpha value is -2.14. The van der Waals surface area contributed by atoms with Crippen LogP contribution in [0.1, 0.15) is 27.0 Å². The Morgan fingerprint density at radius 2 is 1.48 bits per heavy atom. The number of carbonyl (C=O) groups excluding carboxylic acids is 1. The topological polar surface area (TPSA) is 63.2 Å². The third-order valence-electron chi connectivity index (χ3n) is 3.16. The van der Waals surface area contributed by atoms with Gasteiger partial charge in [0.15, 0.2) is 5.78 Å². The average Bonchev–Trinajstić information content (AvgIpc) is 2.37. The number of carbonyl (C=O) groups is 1. The van der Waals surface area contributed by atoms with Crippen LogP contribution in [-0.4, -0.2) is 20.5 Å². The van der Waals surface area contributed by atoms with Crippen molar-refractivity contribution in [2.45, 2.75) is 13.8 Å². The molecule has 1 N–H and O–H groups in total. The Kier molecular flexibility index (Phi) is 4.14. The van der Waals surface area contributed by atoms with E-state index >= 15 is 0 Å². The lowest BCUT2D eigenvalue weighted by Gasteiger charge is -2.09. The largest absolute Gasteiger partial charge is 0.289 e. The predicted molar refractivity (Wildman–Crippen MR) is 84.3 cm³/mol. The van der Waals surface area contributed by atoms with Crippen LogP contribution in [0, 0.1) is 13.8 Å². The fourth-order valence-electron chi connectivity index (χ4n) is 2.22. The number of benzene rings is 2. The number of hydrogen-bond donors (Lipinski definition) is 1. The summed E-state index contributed by atoms with van der Waals surface area (Å²) in [4.78, 5) is 12.5. The molecule has 0 aromatic heterocycles. The minimum absolute atomic E-state index is 0.0588. The number of ketones is 1. The van der Waals surface area contributed by atoms with Gasteiger partial charge in [0, 0.05) is 16.8 Å². The molecular formula is C16H17NO3S. The summed E-state index contributed by atoms with van der Waals surface area (Å²) in [6.45, 7) is 3.81. The highest BCUT2D eigenvalue weighted by Crippen LogP contribution is 2.19. The summed E-state index contributed by atoms with van der Waals surface area (Å²) >= 11 is 0.